The van der Waals surface area contributed by atoms with Crippen molar-refractivity contribution >= 4 is 0 Å². The molecule has 16 heavy (non-hydrogen) atoms. The van der Waals surface area contributed by atoms with Gasteiger partial charge in [0.05, 0.1) is 0 Å². The lowest BCUT2D eigenvalue weighted by Gasteiger charge is -2.46. The van der Waals surface area contributed by atoms with E-state index in [4.69, 9.17) is 0 Å². The highest BCUT2D eigenvalue weighted by Gasteiger charge is 2.38. The van der Waals surface area contributed by atoms with E-state index in [0.29, 0.717) is 5.41 Å². The summed E-state index contributed by atoms with van der Waals surface area (Å²) in [5, 5.41) is 3.39. The maximum absolute atomic E-state index is 3.39. The summed E-state index contributed by atoms with van der Waals surface area (Å²) in [5.74, 6) is 0. The molecule has 94 valence electrons. The van der Waals surface area contributed by atoms with E-state index in [1.165, 1.54) is 64.5 Å². The molecule has 2 heteroatoms. The molecule has 2 fully saturated rings. The van der Waals surface area contributed by atoms with E-state index in [1.807, 2.05) is 0 Å². The second-order valence-corrected chi connectivity index (χ2v) is 6.09. The molecule has 2 saturated carbocycles. The molecule has 0 aromatic carbocycles. The van der Waals surface area contributed by atoms with E-state index < -0.39 is 0 Å². The fraction of sp³-hybridized carbons (Fsp3) is 1.00. The van der Waals surface area contributed by atoms with Crippen LogP contribution in [0.3, 0.4) is 0 Å². The molecule has 0 aromatic rings. The van der Waals surface area contributed by atoms with Crippen LogP contribution < -0.4 is 5.32 Å². The zero-order chi connectivity index (χ0) is 11.4. The third kappa shape index (κ3) is 2.78. The van der Waals surface area contributed by atoms with Crippen LogP contribution in [-0.2, 0) is 0 Å². The molecule has 1 N–H and O–H groups in total. The van der Waals surface area contributed by atoms with Crippen molar-refractivity contribution in [3.63, 3.8) is 0 Å². The number of nitrogens with zero attached hydrogens (tertiary/aromatic N) is 1. The van der Waals surface area contributed by atoms with Crippen molar-refractivity contribution in [2.75, 3.05) is 27.2 Å². The van der Waals surface area contributed by atoms with Crippen LogP contribution in [0.2, 0.25) is 0 Å². The lowest BCUT2D eigenvalue weighted by molar-refractivity contribution is 0.0511. The average molecular weight is 224 g/mol. The average Bonchev–Trinajstić information content (AvgIpc) is 2.27. The van der Waals surface area contributed by atoms with Gasteiger partial charge in [-0.3, -0.25) is 0 Å². The minimum Gasteiger partial charge on any atom is -0.319 e. The van der Waals surface area contributed by atoms with E-state index in [0.717, 1.165) is 6.04 Å². The standard InChI is InChI=1S/C14H28N2/c1-15-11-14(9-6-10-14)12-16(2)13-7-4-3-5-8-13/h13,15H,3-12H2,1-2H3. The summed E-state index contributed by atoms with van der Waals surface area (Å²) in [6.45, 7) is 2.53. The number of hydrogen-bond donors (Lipinski definition) is 1. The molecule has 0 amide bonds. The van der Waals surface area contributed by atoms with Crippen molar-refractivity contribution in [2.45, 2.75) is 57.4 Å². The Morgan fingerprint density at radius 3 is 2.31 bits per heavy atom. The molecule has 2 aliphatic rings. The lowest BCUT2D eigenvalue weighted by atomic mass is 9.68. The molecule has 0 aliphatic heterocycles. The van der Waals surface area contributed by atoms with Gasteiger partial charge in [0, 0.05) is 19.1 Å². The van der Waals surface area contributed by atoms with Crippen molar-refractivity contribution < 1.29 is 0 Å². The SMILES string of the molecule is CNCC1(CN(C)C2CCCCC2)CCC1. The quantitative estimate of drug-likeness (QED) is 0.772. The summed E-state index contributed by atoms with van der Waals surface area (Å²) in [4.78, 5) is 2.66. The highest BCUT2D eigenvalue weighted by atomic mass is 15.1. The highest BCUT2D eigenvalue weighted by Crippen LogP contribution is 2.41. The number of nitrogens with one attached hydrogen (secondary N) is 1. The largest absolute Gasteiger partial charge is 0.319 e. The van der Waals surface area contributed by atoms with Crippen LogP contribution in [0.25, 0.3) is 0 Å². The predicted octanol–water partition coefficient (Wildman–Crippen LogP) is 2.64. The molecule has 2 rings (SSSR count). The van der Waals surface area contributed by atoms with Gasteiger partial charge in [0.2, 0.25) is 0 Å². The van der Waals surface area contributed by atoms with Crippen LogP contribution in [0.5, 0.6) is 0 Å². The van der Waals surface area contributed by atoms with Crippen LogP contribution in [0.4, 0.5) is 0 Å². The molecular formula is C14H28N2. The molecule has 0 aromatic heterocycles. The van der Waals surface area contributed by atoms with Crippen molar-refractivity contribution in [3.05, 3.63) is 0 Å². The fourth-order valence-corrected chi connectivity index (χ4v) is 3.62. The van der Waals surface area contributed by atoms with Crippen molar-refractivity contribution in [1.29, 1.82) is 0 Å². The zero-order valence-corrected chi connectivity index (χ0v) is 11.1. The number of hydrogen-bond acceptors (Lipinski definition) is 2. The number of rotatable bonds is 5. The van der Waals surface area contributed by atoms with Crippen molar-refractivity contribution in [3.8, 4) is 0 Å². The first kappa shape index (κ1) is 12.4. The molecule has 2 nitrogen and oxygen atoms in total. The summed E-state index contributed by atoms with van der Waals surface area (Å²) in [5.41, 5.74) is 0.612. The van der Waals surface area contributed by atoms with Gasteiger partial charge in [-0.05, 0) is 45.2 Å². The van der Waals surface area contributed by atoms with Crippen molar-refractivity contribution in [1.82, 2.24) is 10.2 Å². The molecule has 2 aliphatic carbocycles. The van der Waals surface area contributed by atoms with E-state index in [-0.39, 0.29) is 0 Å². The maximum atomic E-state index is 3.39. The molecule has 0 unspecified atom stereocenters. The molecule has 0 atom stereocenters. The minimum absolute atomic E-state index is 0.612. The smallest absolute Gasteiger partial charge is 0.00924 e. The maximum Gasteiger partial charge on any atom is 0.00924 e. The van der Waals surface area contributed by atoms with E-state index in [1.54, 1.807) is 0 Å². The Morgan fingerprint density at radius 1 is 1.12 bits per heavy atom. The van der Waals surface area contributed by atoms with Gasteiger partial charge in [-0.2, -0.15) is 0 Å². The molecular weight excluding hydrogens is 196 g/mol. The predicted molar refractivity (Wildman–Crippen MR) is 69.7 cm³/mol. The second kappa shape index (κ2) is 5.50. The molecule has 0 spiro atoms. The summed E-state index contributed by atoms with van der Waals surface area (Å²) >= 11 is 0. The van der Waals surface area contributed by atoms with Gasteiger partial charge >= 0.3 is 0 Å². The van der Waals surface area contributed by atoms with E-state index in [9.17, 15) is 0 Å². The highest BCUT2D eigenvalue weighted by molar-refractivity contribution is 4.92. The van der Waals surface area contributed by atoms with Crippen LogP contribution >= 0.6 is 0 Å². The van der Waals surface area contributed by atoms with E-state index >= 15 is 0 Å². The summed E-state index contributed by atoms with van der Waals surface area (Å²) in [7, 11) is 4.45. The molecule has 0 saturated heterocycles. The zero-order valence-electron chi connectivity index (χ0n) is 11.1. The van der Waals surface area contributed by atoms with Gasteiger partial charge in [0.1, 0.15) is 0 Å². The molecule has 0 radical (unpaired) electrons. The van der Waals surface area contributed by atoms with Gasteiger partial charge in [-0.1, -0.05) is 25.7 Å². The third-order valence-electron chi connectivity index (χ3n) is 4.75. The normalized spacial score (nSPS) is 25.7. The third-order valence-corrected chi connectivity index (χ3v) is 4.75. The van der Waals surface area contributed by atoms with Crippen LogP contribution in [0.15, 0.2) is 0 Å². The van der Waals surface area contributed by atoms with Crippen LogP contribution in [-0.4, -0.2) is 38.1 Å². The van der Waals surface area contributed by atoms with Crippen LogP contribution in [0.1, 0.15) is 51.4 Å². The molecule has 0 bridgehead atoms. The Morgan fingerprint density at radius 2 is 1.81 bits per heavy atom. The minimum atomic E-state index is 0.612. The topological polar surface area (TPSA) is 15.3 Å². The second-order valence-electron chi connectivity index (χ2n) is 6.09. The Bertz CT molecular complexity index is 205. The monoisotopic (exact) mass is 224 g/mol. The van der Waals surface area contributed by atoms with Gasteiger partial charge in [0.15, 0.2) is 0 Å². The molecule has 0 heterocycles. The Hall–Kier alpha value is -0.0800. The Labute approximate surface area is 101 Å². The van der Waals surface area contributed by atoms with Gasteiger partial charge in [-0.15, -0.1) is 0 Å². The first-order valence-corrected chi connectivity index (χ1v) is 7.11. The Balaban J connectivity index is 1.82. The first-order valence-electron chi connectivity index (χ1n) is 7.11. The van der Waals surface area contributed by atoms with E-state index in [2.05, 4.69) is 24.3 Å². The summed E-state index contributed by atoms with van der Waals surface area (Å²) < 4.78 is 0. The van der Waals surface area contributed by atoms with Crippen LogP contribution in [0, 0.1) is 5.41 Å². The summed E-state index contributed by atoms with van der Waals surface area (Å²) in [6, 6.07) is 0.878. The van der Waals surface area contributed by atoms with Crippen molar-refractivity contribution in [2.24, 2.45) is 5.41 Å². The Kier molecular flexibility index (Phi) is 4.26. The lowest BCUT2D eigenvalue weighted by Crippen LogP contribution is -2.49. The van der Waals surface area contributed by atoms with Gasteiger partial charge in [0.25, 0.3) is 0 Å². The van der Waals surface area contributed by atoms with Gasteiger partial charge < -0.3 is 10.2 Å². The fourth-order valence-electron chi connectivity index (χ4n) is 3.62. The summed E-state index contributed by atoms with van der Waals surface area (Å²) in [6.07, 6.45) is 11.6. The first-order chi connectivity index (χ1) is 7.76. The van der Waals surface area contributed by atoms with Gasteiger partial charge in [-0.25, -0.2) is 0 Å².